The van der Waals surface area contributed by atoms with Gasteiger partial charge < -0.3 is 4.90 Å². The monoisotopic (exact) mass is 244 g/mol. The van der Waals surface area contributed by atoms with Gasteiger partial charge in [-0.1, -0.05) is 0 Å². The summed E-state index contributed by atoms with van der Waals surface area (Å²) in [6.07, 6.45) is -2.68. The molecule has 0 saturated carbocycles. The maximum Gasteiger partial charge on any atom is 0.416 e. The molecule has 0 aromatic heterocycles. The smallest absolute Gasteiger partial charge is 0.312 e. The van der Waals surface area contributed by atoms with E-state index in [2.05, 4.69) is 4.99 Å². The lowest BCUT2D eigenvalue weighted by atomic mass is 10.2. The van der Waals surface area contributed by atoms with E-state index in [0.717, 1.165) is 12.1 Å². The average molecular weight is 244 g/mol. The van der Waals surface area contributed by atoms with Crippen LogP contribution in [0.15, 0.2) is 29.3 Å². The Balaban J connectivity index is 2.23. The van der Waals surface area contributed by atoms with Crippen molar-refractivity contribution in [3.8, 4) is 0 Å². The zero-order valence-electron chi connectivity index (χ0n) is 8.03. The summed E-state index contributed by atoms with van der Waals surface area (Å²) in [4.78, 5) is 5.54. The van der Waals surface area contributed by atoms with E-state index in [-0.39, 0.29) is 0 Å². The number of anilines is 1. The van der Waals surface area contributed by atoms with Crippen LogP contribution in [-0.4, -0.2) is 17.9 Å². The first-order valence-corrected chi connectivity index (χ1v) is 4.90. The van der Waals surface area contributed by atoms with Crippen molar-refractivity contribution < 1.29 is 13.2 Å². The molecule has 0 N–H and O–H groups in total. The Hall–Kier alpha value is -1.43. The maximum atomic E-state index is 12.3. The van der Waals surface area contributed by atoms with E-state index in [9.17, 15) is 13.2 Å². The first-order valence-electron chi connectivity index (χ1n) is 4.50. The number of hydrogen-bond acceptors (Lipinski definition) is 1. The fourth-order valence-electron chi connectivity index (χ4n) is 1.39. The second-order valence-corrected chi connectivity index (χ2v) is 3.61. The van der Waals surface area contributed by atoms with Gasteiger partial charge in [0.1, 0.15) is 0 Å². The number of aliphatic imine (C=N–C) groups is 1. The van der Waals surface area contributed by atoms with Crippen molar-refractivity contribution in [3.63, 3.8) is 0 Å². The molecule has 0 saturated heterocycles. The predicted octanol–water partition coefficient (Wildman–Crippen LogP) is 2.88. The van der Waals surface area contributed by atoms with Crippen molar-refractivity contribution in [3.05, 3.63) is 29.8 Å². The molecule has 0 fully saturated rings. The lowest BCUT2D eigenvalue weighted by Gasteiger charge is -2.17. The van der Waals surface area contributed by atoms with Crippen molar-refractivity contribution in [2.24, 2.45) is 4.99 Å². The molecule has 0 amide bonds. The molecule has 0 radical (unpaired) electrons. The number of nitrogens with zero attached hydrogens (tertiary/aromatic N) is 2. The van der Waals surface area contributed by atoms with Crippen LogP contribution in [0.4, 0.5) is 18.9 Å². The Labute approximate surface area is 95.4 Å². The molecule has 1 aliphatic rings. The highest BCUT2D eigenvalue weighted by Gasteiger charge is 2.30. The summed E-state index contributed by atoms with van der Waals surface area (Å²) in [6, 6.07) is 4.86. The molecule has 2 rings (SSSR count). The van der Waals surface area contributed by atoms with E-state index < -0.39 is 11.7 Å². The number of benzene rings is 1. The number of hydrogen-bond donors (Lipinski definition) is 0. The minimum Gasteiger partial charge on any atom is -0.312 e. The van der Waals surface area contributed by atoms with E-state index in [4.69, 9.17) is 12.2 Å². The first kappa shape index (κ1) is 11.1. The van der Waals surface area contributed by atoms with Gasteiger partial charge in [-0.05, 0) is 36.5 Å². The third-order valence-corrected chi connectivity index (χ3v) is 2.53. The molecule has 0 unspecified atom stereocenters. The van der Waals surface area contributed by atoms with E-state index in [0.29, 0.717) is 17.3 Å². The second kappa shape index (κ2) is 3.86. The standard InChI is InChI=1S/C10H7F3N2S/c11-10(12,13)7-1-3-8(4-2-7)15-6-5-14-9(15)16/h1-5H,6H2. The minimum atomic E-state index is -4.31. The average Bonchev–Trinajstić information content (AvgIpc) is 2.63. The number of rotatable bonds is 1. The van der Waals surface area contributed by atoms with Gasteiger partial charge in [0.05, 0.1) is 12.1 Å². The van der Waals surface area contributed by atoms with Gasteiger partial charge in [0.15, 0.2) is 5.11 Å². The molecule has 0 bridgehead atoms. The van der Waals surface area contributed by atoms with Crippen molar-refractivity contribution >= 4 is 29.2 Å². The molecule has 1 aromatic rings. The molecule has 2 nitrogen and oxygen atoms in total. The quantitative estimate of drug-likeness (QED) is 0.706. The van der Waals surface area contributed by atoms with E-state index >= 15 is 0 Å². The maximum absolute atomic E-state index is 12.3. The van der Waals surface area contributed by atoms with Gasteiger partial charge in [0.2, 0.25) is 0 Å². The van der Waals surface area contributed by atoms with E-state index in [1.807, 2.05) is 0 Å². The highest BCUT2D eigenvalue weighted by molar-refractivity contribution is 7.80. The minimum absolute atomic E-state index is 0.375. The van der Waals surface area contributed by atoms with Crippen LogP contribution in [0.25, 0.3) is 0 Å². The van der Waals surface area contributed by atoms with Crippen LogP contribution in [0.2, 0.25) is 0 Å². The molecular formula is C10H7F3N2S. The van der Waals surface area contributed by atoms with Gasteiger partial charge in [0.25, 0.3) is 0 Å². The number of thiocarbonyl (C=S) groups is 1. The summed E-state index contributed by atoms with van der Waals surface area (Å²) in [5.41, 5.74) is -0.0437. The Kier molecular flexibility index (Phi) is 2.67. The van der Waals surface area contributed by atoms with Crippen molar-refractivity contribution in [2.45, 2.75) is 6.18 Å². The summed E-state index contributed by atoms with van der Waals surface area (Å²) < 4.78 is 36.9. The molecule has 0 aliphatic carbocycles. The molecule has 1 aromatic carbocycles. The molecular weight excluding hydrogens is 237 g/mol. The topological polar surface area (TPSA) is 15.6 Å². The van der Waals surface area contributed by atoms with E-state index in [1.165, 1.54) is 12.1 Å². The molecule has 1 heterocycles. The summed E-state index contributed by atoms with van der Waals surface area (Å²) in [7, 11) is 0. The highest BCUT2D eigenvalue weighted by Crippen LogP contribution is 2.30. The summed E-state index contributed by atoms with van der Waals surface area (Å²) in [5.74, 6) is 0. The van der Waals surface area contributed by atoms with Crippen LogP contribution < -0.4 is 4.90 Å². The highest BCUT2D eigenvalue weighted by atomic mass is 32.1. The Morgan fingerprint density at radius 2 is 1.81 bits per heavy atom. The normalized spacial score (nSPS) is 15.9. The SMILES string of the molecule is FC(F)(F)c1ccc(N2CC=NC2=S)cc1. The van der Waals surface area contributed by atoms with Crippen LogP contribution in [0.1, 0.15) is 5.56 Å². The first-order chi connectivity index (χ1) is 7.48. The second-order valence-electron chi connectivity index (χ2n) is 3.25. The molecule has 16 heavy (non-hydrogen) atoms. The van der Waals surface area contributed by atoms with Crippen LogP contribution >= 0.6 is 12.2 Å². The van der Waals surface area contributed by atoms with Gasteiger partial charge in [-0.2, -0.15) is 13.2 Å². The van der Waals surface area contributed by atoms with Crippen molar-refractivity contribution in [1.29, 1.82) is 0 Å². The van der Waals surface area contributed by atoms with Crippen molar-refractivity contribution in [1.82, 2.24) is 0 Å². The third kappa shape index (κ3) is 2.06. The number of halogens is 3. The van der Waals surface area contributed by atoms with Gasteiger partial charge >= 0.3 is 6.18 Å². The number of alkyl halides is 3. The van der Waals surface area contributed by atoms with Gasteiger partial charge in [0, 0.05) is 11.9 Å². The fourth-order valence-corrected chi connectivity index (χ4v) is 1.65. The summed E-state index contributed by atoms with van der Waals surface area (Å²) >= 11 is 4.93. The van der Waals surface area contributed by atoms with Crippen LogP contribution in [0, 0.1) is 0 Å². The predicted molar refractivity (Wildman–Crippen MR) is 59.9 cm³/mol. The molecule has 0 spiro atoms. The Morgan fingerprint density at radius 1 is 1.19 bits per heavy atom. The van der Waals surface area contributed by atoms with E-state index in [1.54, 1.807) is 11.1 Å². The van der Waals surface area contributed by atoms with Crippen molar-refractivity contribution in [2.75, 3.05) is 11.4 Å². The molecule has 1 aliphatic heterocycles. The third-order valence-electron chi connectivity index (χ3n) is 2.20. The fraction of sp³-hybridized carbons (Fsp3) is 0.200. The summed E-state index contributed by atoms with van der Waals surface area (Å²) in [5, 5.41) is 0.375. The van der Waals surface area contributed by atoms with Crippen LogP contribution in [0.5, 0.6) is 0 Å². The lowest BCUT2D eigenvalue weighted by molar-refractivity contribution is -0.137. The van der Waals surface area contributed by atoms with Gasteiger partial charge in [-0.3, -0.25) is 0 Å². The summed E-state index contributed by atoms with van der Waals surface area (Å²) in [6.45, 7) is 0.504. The largest absolute Gasteiger partial charge is 0.416 e. The molecule has 6 heteroatoms. The van der Waals surface area contributed by atoms with Crippen LogP contribution in [0.3, 0.4) is 0 Å². The van der Waals surface area contributed by atoms with Gasteiger partial charge in [-0.25, -0.2) is 4.99 Å². The zero-order valence-corrected chi connectivity index (χ0v) is 8.85. The Bertz CT molecular complexity index is 436. The van der Waals surface area contributed by atoms with Crippen LogP contribution in [-0.2, 0) is 6.18 Å². The van der Waals surface area contributed by atoms with Gasteiger partial charge in [-0.15, -0.1) is 0 Å². The Morgan fingerprint density at radius 3 is 2.25 bits per heavy atom. The molecule has 0 atom stereocenters. The lowest BCUT2D eigenvalue weighted by Crippen LogP contribution is -2.23. The zero-order chi connectivity index (χ0) is 11.8. The molecule has 84 valence electrons.